The van der Waals surface area contributed by atoms with Gasteiger partial charge in [0.25, 0.3) is 5.91 Å². The molecule has 4 aromatic heterocycles. The predicted octanol–water partition coefficient (Wildman–Crippen LogP) is 5.52. The molecule has 154 valence electrons. The van der Waals surface area contributed by atoms with Crippen molar-refractivity contribution in [1.29, 1.82) is 0 Å². The van der Waals surface area contributed by atoms with E-state index in [0.717, 1.165) is 28.3 Å². The maximum absolute atomic E-state index is 13.7. The third-order valence-electron chi connectivity index (χ3n) is 5.15. The highest BCUT2D eigenvalue weighted by Gasteiger charge is 2.37. The van der Waals surface area contributed by atoms with Crippen molar-refractivity contribution >= 4 is 34.2 Å². The molecule has 1 unspecified atom stereocenters. The second kappa shape index (κ2) is 7.21. The van der Waals surface area contributed by atoms with Gasteiger partial charge in [0.1, 0.15) is 5.56 Å². The molecule has 4 aromatic rings. The molecule has 0 aliphatic carbocycles. The zero-order valence-electron chi connectivity index (χ0n) is 15.5. The number of alkyl halides is 3. The summed E-state index contributed by atoms with van der Waals surface area (Å²) >= 11 is 2.86. The van der Waals surface area contributed by atoms with Crippen LogP contribution in [0.2, 0.25) is 0 Å². The summed E-state index contributed by atoms with van der Waals surface area (Å²) in [5, 5.41) is 7.61. The number of nitrogens with zero attached hydrogens (tertiary/aromatic N) is 4. The second-order valence-electron chi connectivity index (χ2n) is 6.97. The molecule has 5 nitrogen and oxygen atoms in total. The molecule has 0 N–H and O–H groups in total. The van der Waals surface area contributed by atoms with Gasteiger partial charge in [-0.05, 0) is 41.8 Å². The molecular weight excluding hydrogens is 433 g/mol. The first-order valence-electron chi connectivity index (χ1n) is 9.28. The number of thiophene rings is 2. The minimum absolute atomic E-state index is 0.0740. The monoisotopic (exact) mass is 448 g/mol. The molecular formula is C20H15F3N4OS2. The first-order valence-corrected chi connectivity index (χ1v) is 11.0. The van der Waals surface area contributed by atoms with Gasteiger partial charge >= 0.3 is 6.18 Å². The number of aromatic nitrogens is 3. The minimum Gasteiger partial charge on any atom is -0.331 e. The van der Waals surface area contributed by atoms with Crippen molar-refractivity contribution in [3.63, 3.8) is 0 Å². The van der Waals surface area contributed by atoms with E-state index in [1.807, 2.05) is 17.5 Å². The number of halogens is 3. The molecule has 0 saturated carbocycles. The van der Waals surface area contributed by atoms with Gasteiger partial charge in [-0.15, -0.1) is 22.7 Å². The Morgan fingerprint density at radius 2 is 1.97 bits per heavy atom. The molecule has 1 saturated heterocycles. The molecule has 10 heteroatoms. The van der Waals surface area contributed by atoms with E-state index in [0.29, 0.717) is 11.4 Å². The Bertz CT molecular complexity index is 1200. The summed E-state index contributed by atoms with van der Waals surface area (Å²) in [6.07, 6.45) is -1.77. The normalized spacial score (nSPS) is 17.2. The van der Waals surface area contributed by atoms with E-state index in [2.05, 4.69) is 10.1 Å². The van der Waals surface area contributed by atoms with Crippen LogP contribution in [0.15, 0.2) is 47.3 Å². The maximum Gasteiger partial charge on any atom is 0.433 e. The van der Waals surface area contributed by atoms with E-state index in [9.17, 15) is 18.0 Å². The van der Waals surface area contributed by atoms with Crippen LogP contribution in [-0.4, -0.2) is 31.9 Å². The molecule has 5 heterocycles. The number of hydrogen-bond acceptors (Lipinski definition) is 5. The second-order valence-corrected chi connectivity index (χ2v) is 8.89. The molecule has 1 amide bonds. The van der Waals surface area contributed by atoms with Crippen LogP contribution in [-0.2, 0) is 6.18 Å². The lowest BCUT2D eigenvalue weighted by Gasteiger charge is -2.23. The van der Waals surface area contributed by atoms with Gasteiger partial charge in [0.05, 0.1) is 22.8 Å². The number of carbonyl (C=O) groups excluding carboxylic acids is 1. The summed E-state index contributed by atoms with van der Waals surface area (Å²) < 4.78 is 41.9. The zero-order valence-corrected chi connectivity index (χ0v) is 17.1. The molecule has 1 atom stereocenters. The van der Waals surface area contributed by atoms with Gasteiger partial charge in [0, 0.05) is 11.4 Å². The lowest BCUT2D eigenvalue weighted by Crippen LogP contribution is -2.30. The first-order chi connectivity index (χ1) is 14.4. The molecule has 0 spiro atoms. The Hall–Kier alpha value is -2.72. The number of carbonyl (C=O) groups is 1. The number of rotatable bonds is 3. The lowest BCUT2D eigenvalue weighted by atomic mass is 10.1. The van der Waals surface area contributed by atoms with Gasteiger partial charge in [0.15, 0.2) is 11.3 Å². The standard InChI is InChI=1S/C20H15F3N4OS2/c21-20(22,23)17-10-13(15-5-2-8-29-15)25-18-12(11-24-27(17)18)19(28)26-7-1-4-14(26)16-6-3-9-30-16/h2-3,5-6,8-11,14H,1,4,7H2. The highest BCUT2D eigenvalue weighted by Crippen LogP contribution is 2.37. The molecule has 5 rings (SSSR count). The average molecular weight is 448 g/mol. The van der Waals surface area contributed by atoms with Gasteiger partial charge in [-0.2, -0.15) is 18.3 Å². The topological polar surface area (TPSA) is 50.5 Å². The number of amides is 1. The Balaban J connectivity index is 1.63. The summed E-state index contributed by atoms with van der Waals surface area (Å²) in [6, 6.07) is 8.26. The summed E-state index contributed by atoms with van der Waals surface area (Å²) in [5.74, 6) is -0.343. The van der Waals surface area contributed by atoms with Gasteiger partial charge in [-0.1, -0.05) is 12.1 Å². The first kappa shape index (κ1) is 19.3. The van der Waals surface area contributed by atoms with Crippen molar-refractivity contribution in [3.05, 3.63) is 63.4 Å². The van der Waals surface area contributed by atoms with Crippen LogP contribution >= 0.6 is 22.7 Å². The largest absolute Gasteiger partial charge is 0.433 e. The molecule has 0 aromatic carbocycles. The van der Waals surface area contributed by atoms with E-state index >= 15 is 0 Å². The van der Waals surface area contributed by atoms with E-state index in [1.54, 1.807) is 33.7 Å². The number of fused-ring (bicyclic) bond motifs is 1. The van der Waals surface area contributed by atoms with Crippen molar-refractivity contribution in [2.45, 2.75) is 25.1 Å². The van der Waals surface area contributed by atoms with Crippen LogP contribution < -0.4 is 0 Å². The average Bonchev–Trinajstić information content (AvgIpc) is 3.52. The Morgan fingerprint density at radius 3 is 2.67 bits per heavy atom. The van der Waals surface area contributed by atoms with Crippen LogP contribution in [0.25, 0.3) is 16.2 Å². The van der Waals surface area contributed by atoms with E-state index in [4.69, 9.17) is 0 Å². The summed E-state index contributed by atoms with van der Waals surface area (Å²) in [4.78, 5) is 21.1. The van der Waals surface area contributed by atoms with E-state index < -0.39 is 11.9 Å². The van der Waals surface area contributed by atoms with Gasteiger partial charge in [0.2, 0.25) is 0 Å². The smallest absolute Gasteiger partial charge is 0.331 e. The molecule has 1 aliphatic rings. The van der Waals surface area contributed by atoms with Crippen LogP contribution in [0, 0.1) is 0 Å². The Kier molecular flexibility index (Phi) is 4.62. The zero-order chi connectivity index (χ0) is 20.9. The van der Waals surface area contributed by atoms with Crippen molar-refractivity contribution in [3.8, 4) is 10.6 Å². The van der Waals surface area contributed by atoms with Crippen molar-refractivity contribution in [1.82, 2.24) is 19.5 Å². The molecule has 1 aliphatic heterocycles. The fourth-order valence-electron chi connectivity index (χ4n) is 3.81. The molecule has 1 fully saturated rings. The molecule has 0 bridgehead atoms. The van der Waals surface area contributed by atoms with Gasteiger partial charge in [-0.25, -0.2) is 9.50 Å². The molecule has 30 heavy (non-hydrogen) atoms. The quantitative estimate of drug-likeness (QED) is 0.415. The number of hydrogen-bond donors (Lipinski definition) is 0. The fourth-order valence-corrected chi connectivity index (χ4v) is 5.37. The van der Waals surface area contributed by atoms with Crippen LogP contribution in [0.3, 0.4) is 0 Å². The minimum atomic E-state index is -4.63. The SMILES string of the molecule is O=C(c1cnn2c(C(F)(F)F)cc(-c3cccs3)nc12)N1CCCC1c1cccs1. The van der Waals surface area contributed by atoms with Gasteiger partial charge in [-0.3, -0.25) is 4.79 Å². The van der Waals surface area contributed by atoms with Crippen molar-refractivity contribution in [2.75, 3.05) is 6.54 Å². The van der Waals surface area contributed by atoms with E-state index in [-0.39, 0.29) is 28.9 Å². The Morgan fingerprint density at radius 1 is 1.17 bits per heavy atom. The third-order valence-corrected chi connectivity index (χ3v) is 7.02. The fraction of sp³-hybridized carbons (Fsp3) is 0.250. The van der Waals surface area contributed by atoms with Crippen molar-refractivity contribution in [2.24, 2.45) is 0 Å². The third kappa shape index (κ3) is 3.20. The maximum atomic E-state index is 13.7. The van der Waals surface area contributed by atoms with Gasteiger partial charge < -0.3 is 4.90 Å². The lowest BCUT2D eigenvalue weighted by molar-refractivity contribution is -0.142. The number of likely N-dealkylation sites (tertiary alicyclic amines) is 1. The molecule has 0 radical (unpaired) electrons. The van der Waals surface area contributed by atoms with Crippen LogP contribution in [0.4, 0.5) is 13.2 Å². The van der Waals surface area contributed by atoms with Crippen molar-refractivity contribution < 1.29 is 18.0 Å². The van der Waals surface area contributed by atoms with E-state index in [1.165, 1.54) is 17.5 Å². The highest BCUT2D eigenvalue weighted by atomic mass is 32.1. The highest BCUT2D eigenvalue weighted by molar-refractivity contribution is 7.13. The van der Waals surface area contributed by atoms with Crippen LogP contribution in [0.1, 0.15) is 39.8 Å². The van der Waals surface area contributed by atoms with Crippen LogP contribution in [0.5, 0.6) is 0 Å². The summed E-state index contributed by atoms with van der Waals surface area (Å²) in [6.45, 7) is 0.551. The predicted molar refractivity (Wildman–Crippen MR) is 109 cm³/mol. The summed E-state index contributed by atoms with van der Waals surface area (Å²) in [7, 11) is 0. The Labute approximate surface area is 177 Å². The summed E-state index contributed by atoms with van der Waals surface area (Å²) in [5.41, 5.74) is -0.765.